The van der Waals surface area contributed by atoms with Crippen LogP contribution in [0.5, 0.6) is 0 Å². The summed E-state index contributed by atoms with van der Waals surface area (Å²) in [5.74, 6) is -1.70. The number of amides is 1. The van der Waals surface area contributed by atoms with Crippen molar-refractivity contribution in [2.45, 2.75) is 93.5 Å². The monoisotopic (exact) mass is 701 g/mol. The van der Waals surface area contributed by atoms with Crippen molar-refractivity contribution >= 4 is 23.6 Å². The van der Waals surface area contributed by atoms with Crippen LogP contribution < -0.4 is 5.32 Å². The van der Waals surface area contributed by atoms with Crippen molar-refractivity contribution in [1.82, 2.24) is 9.88 Å². The van der Waals surface area contributed by atoms with Crippen molar-refractivity contribution in [3.05, 3.63) is 65.5 Å². The average Bonchev–Trinajstić information content (AvgIpc) is 3.52. The quantitative estimate of drug-likeness (QED) is 0.260. The van der Waals surface area contributed by atoms with Crippen molar-refractivity contribution in [3.63, 3.8) is 0 Å². The topological polar surface area (TPSA) is 140 Å². The van der Waals surface area contributed by atoms with E-state index in [1.165, 1.54) is 6.08 Å². The molecule has 0 radical (unpaired) electrons. The molecule has 5 aliphatic carbocycles. The summed E-state index contributed by atoms with van der Waals surface area (Å²) in [6, 6.07) is 10.6. The van der Waals surface area contributed by atoms with Gasteiger partial charge in [-0.05, 0) is 81.3 Å². The number of ether oxygens (including phenoxy) is 4. The first kappa shape index (κ1) is 34.9. The number of carbonyl (C=O) groups excluding carboxylic acids is 2. The molecule has 6 aliphatic rings. The van der Waals surface area contributed by atoms with Gasteiger partial charge in [-0.2, -0.15) is 0 Å². The molecule has 1 aromatic heterocycles. The summed E-state index contributed by atoms with van der Waals surface area (Å²) >= 11 is 0. The number of rotatable bonds is 9. The van der Waals surface area contributed by atoms with E-state index in [1.54, 1.807) is 57.9 Å². The lowest BCUT2D eigenvalue weighted by Gasteiger charge is -2.70. The van der Waals surface area contributed by atoms with Gasteiger partial charge in [-0.3, -0.25) is 14.7 Å². The lowest BCUT2D eigenvalue weighted by atomic mass is 9.43. The van der Waals surface area contributed by atoms with Crippen LogP contribution in [0.2, 0.25) is 0 Å². The Bertz CT molecular complexity index is 1720. The third-order valence-corrected chi connectivity index (χ3v) is 14.2. The molecule has 11 heteroatoms. The summed E-state index contributed by atoms with van der Waals surface area (Å²) in [5.41, 5.74) is -2.15. The molecule has 3 N–H and O–H groups in total. The van der Waals surface area contributed by atoms with E-state index in [0.29, 0.717) is 57.3 Å². The highest BCUT2D eigenvalue weighted by atomic mass is 16.6. The van der Waals surface area contributed by atoms with Gasteiger partial charge in [-0.25, -0.2) is 4.79 Å². The number of nitrogens with zero attached hydrogens (tertiary/aromatic N) is 2. The minimum absolute atomic E-state index is 0.00306. The van der Waals surface area contributed by atoms with Gasteiger partial charge in [0, 0.05) is 81.5 Å². The fourth-order valence-corrected chi connectivity index (χ4v) is 12.5. The Hall–Kier alpha value is -3.19. The molecule has 11 nitrogen and oxygen atoms in total. The fourth-order valence-electron chi connectivity index (χ4n) is 12.5. The predicted molar refractivity (Wildman–Crippen MR) is 189 cm³/mol. The van der Waals surface area contributed by atoms with Gasteiger partial charge in [0.2, 0.25) is 5.91 Å². The second-order valence-electron chi connectivity index (χ2n) is 16.0. The maximum absolute atomic E-state index is 14.5. The number of aromatic nitrogens is 1. The largest absolute Gasteiger partial charge is 0.454 e. The van der Waals surface area contributed by atoms with Gasteiger partial charge in [0.25, 0.3) is 0 Å². The standard InChI is InChI=1S/C40H51N3O8/c1-6-43-22-37(51-36(45)27-9-7-8-10-29(27)42-33(44)14-13-24-12-11-23(2)41-21-24)16-15-32(49-4)39-30(37)19-28(34(39)43)38(46)20-26(48-3)17-25-18-31(39)40(38,47)35(25)50-5/h7-14,21,25-26,28,30-32,34-35,46-47H,6,15-20,22H2,1-5H3,(H,42,44)/b14-13+/t25-,26+,28+,30+,31-,32-,34?,35-,37+,38-,39-,40-/m0/s1. The zero-order valence-electron chi connectivity index (χ0n) is 30.2. The van der Waals surface area contributed by atoms with Crippen LogP contribution in [0.4, 0.5) is 5.69 Å². The molecule has 12 atom stereocenters. The molecule has 2 aromatic rings. The van der Waals surface area contributed by atoms with Gasteiger partial charge < -0.3 is 34.5 Å². The van der Waals surface area contributed by atoms with Crippen LogP contribution in [-0.2, 0) is 23.7 Å². The molecular weight excluding hydrogens is 650 g/mol. The Morgan fingerprint density at radius 2 is 1.84 bits per heavy atom. The fraction of sp³-hybridized carbons (Fsp3) is 0.625. The maximum Gasteiger partial charge on any atom is 0.340 e. The van der Waals surface area contributed by atoms with Gasteiger partial charge >= 0.3 is 5.97 Å². The number of likely N-dealkylation sites (tertiary alicyclic amines) is 1. The summed E-state index contributed by atoms with van der Waals surface area (Å²) in [6.07, 6.45) is 7.35. The Morgan fingerprint density at radius 3 is 2.55 bits per heavy atom. The number of hydrogen-bond donors (Lipinski definition) is 3. The van der Waals surface area contributed by atoms with Crippen LogP contribution in [-0.4, -0.2) is 108 Å². The Balaban J connectivity index is 1.16. The van der Waals surface area contributed by atoms with E-state index in [2.05, 4.69) is 22.1 Å². The summed E-state index contributed by atoms with van der Waals surface area (Å²) in [5, 5.41) is 29.2. The highest BCUT2D eigenvalue weighted by molar-refractivity contribution is 6.06. The summed E-state index contributed by atoms with van der Waals surface area (Å²) < 4.78 is 25.4. The molecule has 51 heavy (non-hydrogen) atoms. The van der Waals surface area contributed by atoms with E-state index in [1.807, 2.05) is 19.1 Å². The van der Waals surface area contributed by atoms with Crippen LogP contribution in [0.25, 0.3) is 6.08 Å². The summed E-state index contributed by atoms with van der Waals surface area (Å²) in [4.78, 5) is 34.2. The van der Waals surface area contributed by atoms with Crippen LogP contribution in [0.15, 0.2) is 48.7 Å². The first-order valence-corrected chi connectivity index (χ1v) is 18.5. The van der Waals surface area contributed by atoms with E-state index in [-0.39, 0.29) is 53.4 Å². The molecule has 1 amide bonds. The Kier molecular flexibility index (Phi) is 8.52. The zero-order valence-corrected chi connectivity index (χ0v) is 30.2. The number of anilines is 1. The van der Waals surface area contributed by atoms with Crippen LogP contribution in [0, 0.1) is 36.0 Å². The second-order valence-corrected chi connectivity index (χ2v) is 16.0. The number of fused-ring (bicyclic) bond motifs is 2. The van der Waals surface area contributed by atoms with Gasteiger partial charge in [0.05, 0.1) is 29.6 Å². The van der Waals surface area contributed by atoms with E-state index < -0.39 is 34.3 Å². The summed E-state index contributed by atoms with van der Waals surface area (Å²) in [6.45, 7) is 5.23. The number of aliphatic hydroxyl groups is 2. The van der Waals surface area contributed by atoms with Gasteiger partial charge in [0.15, 0.2) is 0 Å². The number of para-hydroxylation sites is 1. The van der Waals surface area contributed by atoms with Crippen molar-refractivity contribution in [2.75, 3.05) is 39.7 Å². The second kappa shape index (κ2) is 12.5. The molecule has 1 saturated heterocycles. The molecule has 274 valence electrons. The van der Waals surface area contributed by atoms with Crippen LogP contribution in [0.1, 0.15) is 67.1 Å². The molecular formula is C40H51N3O8. The van der Waals surface area contributed by atoms with Gasteiger partial charge in [-0.1, -0.05) is 25.1 Å². The number of methoxy groups -OCH3 is 3. The van der Waals surface area contributed by atoms with E-state index in [4.69, 9.17) is 18.9 Å². The number of pyridine rings is 1. The van der Waals surface area contributed by atoms with Crippen molar-refractivity contribution in [1.29, 1.82) is 0 Å². The van der Waals surface area contributed by atoms with Gasteiger partial charge in [0.1, 0.15) is 16.8 Å². The zero-order chi connectivity index (χ0) is 35.9. The van der Waals surface area contributed by atoms with Crippen LogP contribution in [0.3, 0.4) is 0 Å². The smallest absolute Gasteiger partial charge is 0.340 e. The molecule has 1 spiro atoms. The molecule has 5 saturated carbocycles. The number of nitrogens with one attached hydrogen (secondary N) is 1. The molecule has 1 aliphatic heterocycles. The number of carbonyl (C=O) groups is 2. The lowest BCUT2D eigenvalue weighted by Crippen LogP contribution is -2.82. The third kappa shape index (κ3) is 4.74. The molecule has 7 bridgehead atoms. The molecule has 1 aromatic carbocycles. The predicted octanol–water partition coefficient (Wildman–Crippen LogP) is 4.01. The third-order valence-electron chi connectivity index (χ3n) is 14.2. The molecule has 2 heterocycles. The number of aryl methyl sites for hydroxylation is 1. The normalized spacial score (nSPS) is 42.1. The highest BCUT2D eigenvalue weighted by Crippen LogP contribution is 2.78. The maximum atomic E-state index is 14.5. The van der Waals surface area contributed by atoms with E-state index >= 15 is 0 Å². The van der Waals surface area contributed by atoms with Crippen molar-refractivity contribution in [2.24, 2.45) is 29.1 Å². The van der Waals surface area contributed by atoms with Crippen molar-refractivity contribution < 1.29 is 38.7 Å². The number of esters is 1. The van der Waals surface area contributed by atoms with E-state index in [0.717, 1.165) is 11.3 Å². The minimum Gasteiger partial charge on any atom is -0.454 e. The summed E-state index contributed by atoms with van der Waals surface area (Å²) in [7, 11) is 5.09. The Labute approximate surface area is 299 Å². The van der Waals surface area contributed by atoms with Crippen molar-refractivity contribution in [3.8, 4) is 0 Å². The molecule has 1 unspecified atom stereocenters. The first-order valence-electron chi connectivity index (χ1n) is 18.5. The SMILES string of the molecule is CCN1C[C@]2(OC(=O)c3ccccc3NC(=O)/C=C/c3ccc(C)nc3)CC[C@H](OC)[C@]34C1[C@@H](C[C@H]23)[C@@]1(O)C[C@H](OC)C[C@H]2C[C@@H]4[C@]1(O)[C@H]2OC. The first-order chi connectivity index (χ1) is 24.5. The lowest BCUT2D eigenvalue weighted by molar-refractivity contribution is -0.328. The highest BCUT2D eigenvalue weighted by Gasteiger charge is 2.88. The Morgan fingerprint density at radius 1 is 1.04 bits per heavy atom. The molecule has 8 rings (SSSR count). The number of piperidine rings is 1. The average molecular weight is 702 g/mol. The number of likely N-dealkylation sites (N-methyl/N-ethyl adjacent to an activating group) is 1. The number of benzene rings is 1. The van der Waals surface area contributed by atoms with Crippen LogP contribution >= 0.6 is 0 Å². The number of hydrogen-bond acceptors (Lipinski definition) is 10. The van der Waals surface area contributed by atoms with E-state index in [9.17, 15) is 19.8 Å². The minimum atomic E-state index is -1.52. The van der Waals surface area contributed by atoms with Gasteiger partial charge in [-0.15, -0.1) is 0 Å². The molecule has 6 fully saturated rings.